The number of hydrogen-bond donors (Lipinski definition) is 3. The van der Waals surface area contributed by atoms with Crippen LogP contribution in [0.1, 0.15) is 5.56 Å². The largest absolute Gasteiger partial charge is 0.508 e. The van der Waals surface area contributed by atoms with Crippen LogP contribution in [0.3, 0.4) is 0 Å². The topological polar surface area (TPSA) is 60.7 Å². The highest BCUT2D eigenvalue weighted by Gasteiger charge is 2.08. The predicted octanol–water partition coefficient (Wildman–Crippen LogP) is 2.94. The summed E-state index contributed by atoms with van der Waals surface area (Å²) in [5, 5.41) is 28.3. The molecule has 0 saturated carbocycles. The summed E-state index contributed by atoms with van der Waals surface area (Å²) < 4.78 is 12.4. The molecule has 0 aliphatic carbocycles. The zero-order chi connectivity index (χ0) is 12.4. The predicted molar refractivity (Wildman–Crippen MR) is 61.7 cm³/mol. The van der Waals surface area contributed by atoms with Crippen LogP contribution in [0.5, 0.6) is 17.2 Å². The fourth-order valence-electron chi connectivity index (χ4n) is 1.61. The van der Waals surface area contributed by atoms with Crippen molar-refractivity contribution in [3.63, 3.8) is 0 Å². The SMILES string of the molecule is Oc1ccc(-c2ccc(CF)c(O)c2)c(O)c1. The molecule has 3 N–H and O–H groups in total. The molecule has 0 bridgehead atoms. The molecule has 3 nitrogen and oxygen atoms in total. The molecule has 0 unspecified atom stereocenters. The smallest absolute Gasteiger partial charge is 0.127 e. The van der Waals surface area contributed by atoms with Crippen molar-refractivity contribution in [2.24, 2.45) is 0 Å². The summed E-state index contributed by atoms with van der Waals surface area (Å²) in [4.78, 5) is 0. The zero-order valence-corrected chi connectivity index (χ0v) is 8.89. The minimum atomic E-state index is -0.742. The number of hydrogen-bond acceptors (Lipinski definition) is 3. The second-order valence-corrected chi connectivity index (χ2v) is 3.68. The van der Waals surface area contributed by atoms with Crippen molar-refractivity contribution >= 4 is 0 Å². The summed E-state index contributed by atoms with van der Waals surface area (Å²) in [6.45, 7) is -0.742. The van der Waals surface area contributed by atoms with E-state index in [9.17, 15) is 14.6 Å². The van der Waals surface area contributed by atoms with Crippen LogP contribution in [-0.4, -0.2) is 15.3 Å². The Labute approximate surface area is 97.4 Å². The third-order valence-corrected chi connectivity index (χ3v) is 2.52. The molecule has 0 aliphatic rings. The molecule has 0 saturated heterocycles. The van der Waals surface area contributed by atoms with Gasteiger partial charge in [0.15, 0.2) is 0 Å². The van der Waals surface area contributed by atoms with E-state index in [-0.39, 0.29) is 22.8 Å². The highest BCUT2D eigenvalue weighted by Crippen LogP contribution is 2.34. The van der Waals surface area contributed by atoms with Gasteiger partial charge in [-0.15, -0.1) is 0 Å². The monoisotopic (exact) mass is 234 g/mol. The van der Waals surface area contributed by atoms with E-state index in [2.05, 4.69) is 0 Å². The number of phenols is 3. The number of halogens is 1. The third kappa shape index (κ3) is 2.15. The first kappa shape index (κ1) is 11.3. The number of phenolic OH excluding ortho intramolecular Hbond substituents is 3. The van der Waals surface area contributed by atoms with E-state index in [1.807, 2.05) is 0 Å². The van der Waals surface area contributed by atoms with Crippen molar-refractivity contribution in [3.8, 4) is 28.4 Å². The van der Waals surface area contributed by atoms with Crippen LogP contribution in [0.15, 0.2) is 36.4 Å². The minimum absolute atomic E-state index is 0.0455. The zero-order valence-electron chi connectivity index (χ0n) is 8.89. The third-order valence-electron chi connectivity index (χ3n) is 2.52. The molecule has 0 aromatic heterocycles. The Bertz CT molecular complexity index is 552. The van der Waals surface area contributed by atoms with E-state index >= 15 is 0 Å². The van der Waals surface area contributed by atoms with Crippen LogP contribution in [-0.2, 0) is 6.67 Å². The molecule has 0 aliphatic heterocycles. The summed E-state index contributed by atoms with van der Waals surface area (Å²) in [5.41, 5.74) is 1.22. The van der Waals surface area contributed by atoms with E-state index in [1.54, 1.807) is 6.07 Å². The Balaban J connectivity index is 2.50. The minimum Gasteiger partial charge on any atom is -0.508 e. The first-order valence-corrected chi connectivity index (χ1v) is 5.02. The molecule has 0 heterocycles. The summed E-state index contributed by atoms with van der Waals surface area (Å²) in [5.74, 6) is -0.300. The molecule has 88 valence electrons. The van der Waals surface area contributed by atoms with Gasteiger partial charge in [0.05, 0.1) is 0 Å². The molecular formula is C13H11FO3. The second-order valence-electron chi connectivity index (χ2n) is 3.68. The van der Waals surface area contributed by atoms with Crippen LogP contribution < -0.4 is 0 Å². The standard InChI is InChI=1S/C13H11FO3/c14-7-9-2-1-8(5-12(9)16)11-4-3-10(15)6-13(11)17/h1-6,15-17H,7H2. The maximum Gasteiger partial charge on any atom is 0.127 e. The van der Waals surface area contributed by atoms with Gasteiger partial charge in [0.2, 0.25) is 0 Å². The number of benzene rings is 2. The van der Waals surface area contributed by atoms with Gasteiger partial charge in [0.25, 0.3) is 0 Å². The lowest BCUT2D eigenvalue weighted by Gasteiger charge is -2.07. The van der Waals surface area contributed by atoms with Crippen molar-refractivity contribution in [2.75, 3.05) is 0 Å². The van der Waals surface area contributed by atoms with Gasteiger partial charge in [-0.1, -0.05) is 12.1 Å². The molecule has 0 atom stereocenters. The van der Waals surface area contributed by atoms with Crippen molar-refractivity contribution in [1.82, 2.24) is 0 Å². The Morgan fingerprint density at radius 2 is 1.65 bits per heavy atom. The fraction of sp³-hybridized carbons (Fsp3) is 0.0769. The van der Waals surface area contributed by atoms with Gasteiger partial charge >= 0.3 is 0 Å². The van der Waals surface area contributed by atoms with E-state index in [1.165, 1.54) is 30.3 Å². The van der Waals surface area contributed by atoms with Crippen LogP contribution in [0, 0.1) is 0 Å². The summed E-state index contributed by atoms with van der Waals surface area (Å²) in [6, 6.07) is 8.58. The molecule has 2 rings (SSSR count). The first-order chi connectivity index (χ1) is 8.11. The molecule has 0 radical (unpaired) electrons. The Morgan fingerprint density at radius 3 is 2.24 bits per heavy atom. The average Bonchev–Trinajstić information content (AvgIpc) is 2.29. The van der Waals surface area contributed by atoms with Crippen molar-refractivity contribution in [1.29, 1.82) is 0 Å². The summed E-state index contributed by atoms with van der Waals surface area (Å²) in [6.07, 6.45) is 0. The maximum atomic E-state index is 12.4. The van der Waals surface area contributed by atoms with E-state index in [0.29, 0.717) is 11.1 Å². The fourth-order valence-corrected chi connectivity index (χ4v) is 1.61. The molecule has 2 aromatic rings. The quantitative estimate of drug-likeness (QED) is 0.748. The van der Waals surface area contributed by atoms with E-state index < -0.39 is 6.67 Å². The van der Waals surface area contributed by atoms with Crippen molar-refractivity contribution in [2.45, 2.75) is 6.67 Å². The molecule has 2 aromatic carbocycles. The number of aromatic hydroxyl groups is 3. The van der Waals surface area contributed by atoms with Crippen LogP contribution in [0.2, 0.25) is 0 Å². The van der Waals surface area contributed by atoms with Gasteiger partial charge in [-0.2, -0.15) is 0 Å². The Hall–Kier alpha value is -2.23. The first-order valence-electron chi connectivity index (χ1n) is 5.02. The maximum absolute atomic E-state index is 12.4. The average molecular weight is 234 g/mol. The Kier molecular flexibility index (Phi) is 2.87. The van der Waals surface area contributed by atoms with Gasteiger partial charge in [0, 0.05) is 17.2 Å². The summed E-state index contributed by atoms with van der Waals surface area (Å²) in [7, 11) is 0. The molecule has 17 heavy (non-hydrogen) atoms. The second kappa shape index (κ2) is 4.33. The molecule has 0 fully saturated rings. The van der Waals surface area contributed by atoms with Gasteiger partial charge in [-0.3, -0.25) is 0 Å². The van der Waals surface area contributed by atoms with Gasteiger partial charge < -0.3 is 15.3 Å². The van der Waals surface area contributed by atoms with Crippen molar-refractivity contribution in [3.05, 3.63) is 42.0 Å². The lowest BCUT2D eigenvalue weighted by atomic mass is 10.0. The number of alkyl halides is 1. The lowest BCUT2D eigenvalue weighted by Crippen LogP contribution is -1.83. The highest BCUT2D eigenvalue weighted by atomic mass is 19.1. The number of rotatable bonds is 2. The molecule has 0 amide bonds. The molecule has 0 spiro atoms. The normalized spacial score (nSPS) is 10.4. The van der Waals surface area contributed by atoms with Crippen molar-refractivity contribution < 1.29 is 19.7 Å². The van der Waals surface area contributed by atoms with Crippen LogP contribution >= 0.6 is 0 Å². The lowest BCUT2D eigenvalue weighted by molar-refractivity contribution is 0.433. The highest BCUT2D eigenvalue weighted by molar-refractivity contribution is 5.72. The summed E-state index contributed by atoms with van der Waals surface area (Å²) >= 11 is 0. The van der Waals surface area contributed by atoms with Gasteiger partial charge in [-0.25, -0.2) is 4.39 Å². The molecular weight excluding hydrogens is 223 g/mol. The van der Waals surface area contributed by atoms with Gasteiger partial charge in [0.1, 0.15) is 23.9 Å². The molecule has 4 heteroatoms. The van der Waals surface area contributed by atoms with E-state index in [0.717, 1.165) is 0 Å². The van der Waals surface area contributed by atoms with Crippen LogP contribution in [0.25, 0.3) is 11.1 Å². The van der Waals surface area contributed by atoms with Crippen LogP contribution in [0.4, 0.5) is 4.39 Å². The Morgan fingerprint density at radius 1 is 0.882 bits per heavy atom. The van der Waals surface area contributed by atoms with E-state index in [4.69, 9.17) is 5.11 Å². The van der Waals surface area contributed by atoms with Gasteiger partial charge in [-0.05, 0) is 23.8 Å².